The van der Waals surface area contributed by atoms with Gasteiger partial charge in [-0.2, -0.15) is 0 Å². The maximum Gasteiger partial charge on any atom is 0.165 e. The number of carbonyl (C=O) groups is 1. The van der Waals surface area contributed by atoms with Crippen LogP contribution >= 0.6 is 0 Å². The highest BCUT2D eigenvalue weighted by Gasteiger charge is 2.12. The highest BCUT2D eigenvalue weighted by molar-refractivity contribution is 5.96. The van der Waals surface area contributed by atoms with E-state index in [1.807, 2.05) is 13.8 Å². The summed E-state index contributed by atoms with van der Waals surface area (Å²) in [6, 6.07) is 4.33. The van der Waals surface area contributed by atoms with Crippen molar-refractivity contribution in [1.82, 2.24) is 0 Å². The van der Waals surface area contributed by atoms with Crippen molar-refractivity contribution in [2.45, 2.75) is 26.7 Å². The van der Waals surface area contributed by atoms with Gasteiger partial charge in [-0.25, -0.2) is 4.39 Å². The Bertz CT molecular complexity index is 374. The van der Waals surface area contributed by atoms with Gasteiger partial charge in [0.2, 0.25) is 0 Å². The van der Waals surface area contributed by atoms with E-state index in [1.165, 1.54) is 19.2 Å². The van der Waals surface area contributed by atoms with E-state index in [-0.39, 0.29) is 11.5 Å². The molecule has 0 aliphatic rings. The Kier molecular flexibility index (Phi) is 4.47. The Labute approximate surface area is 95.4 Å². The summed E-state index contributed by atoms with van der Waals surface area (Å²) in [6.45, 7) is 4.05. The van der Waals surface area contributed by atoms with E-state index < -0.39 is 5.82 Å². The molecule has 0 aliphatic carbocycles. The van der Waals surface area contributed by atoms with E-state index in [1.54, 1.807) is 6.07 Å². The van der Waals surface area contributed by atoms with Gasteiger partial charge in [0.15, 0.2) is 17.3 Å². The Morgan fingerprint density at radius 2 is 2.19 bits per heavy atom. The SMILES string of the molecule is CCC(C)CC(=O)c1ccc(OC)c(F)c1. The molecule has 0 fully saturated rings. The summed E-state index contributed by atoms with van der Waals surface area (Å²) in [4.78, 5) is 11.8. The molecule has 0 aliphatic heterocycles. The summed E-state index contributed by atoms with van der Waals surface area (Å²) in [5, 5.41) is 0. The lowest BCUT2D eigenvalue weighted by Gasteiger charge is -2.08. The summed E-state index contributed by atoms with van der Waals surface area (Å²) in [5.41, 5.74) is 0.415. The first kappa shape index (κ1) is 12.7. The van der Waals surface area contributed by atoms with Crippen LogP contribution in [0.15, 0.2) is 18.2 Å². The number of hydrogen-bond acceptors (Lipinski definition) is 2. The standard InChI is InChI=1S/C13H17FO2/c1-4-9(2)7-12(15)10-5-6-13(16-3)11(14)8-10/h5-6,8-9H,4,7H2,1-3H3. The molecule has 1 atom stereocenters. The summed E-state index contributed by atoms with van der Waals surface area (Å²) in [5.74, 6) is -0.00819. The summed E-state index contributed by atoms with van der Waals surface area (Å²) >= 11 is 0. The molecule has 1 unspecified atom stereocenters. The molecule has 1 aromatic carbocycles. The van der Waals surface area contributed by atoms with Crippen LogP contribution in [0.4, 0.5) is 4.39 Å². The molecule has 0 radical (unpaired) electrons. The average molecular weight is 224 g/mol. The first-order chi connectivity index (χ1) is 7.58. The Morgan fingerprint density at radius 1 is 1.50 bits per heavy atom. The third-order valence-corrected chi connectivity index (χ3v) is 2.70. The van der Waals surface area contributed by atoms with Crippen molar-refractivity contribution in [1.29, 1.82) is 0 Å². The zero-order valence-electron chi connectivity index (χ0n) is 9.92. The fraction of sp³-hybridized carbons (Fsp3) is 0.462. The second-order valence-electron chi connectivity index (χ2n) is 3.99. The molecule has 1 rings (SSSR count). The van der Waals surface area contributed by atoms with Gasteiger partial charge < -0.3 is 4.74 Å². The number of benzene rings is 1. The predicted octanol–water partition coefficient (Wildman–Crippen LogP) is 3.45. The molecule has 3 heteroatoms. The molecule has 0 spiro atoms. The predicted molar refractivity (Wildman–Crippen MR) is 61.4 cm³/mol. The normalized spacial score (nSPS) is 12.2. The van der Waals surface area contributed by atoms with Crippen molar-refractivity contribution >= 4 is 5.78 Å². The molecule has 16 heavy (non-hydrogen) atoms. The number of ether oxygens (including phenoxy) is 1. The van der Waals surface area contributed by atoms with E-state index in [0.717, 1.165) is 6.42 Å². The minimum Gasteiger partial charge on any atom is -0.494 e. The van der Waals surface area contributed by atoms with Crippen LogP contribution in [0.3, 0.4) is 0 Å². The van der Waals surface area contributed by atoms with Crippen molar-refractivity contribution in [2.75, 3.05) is 7.11 Å². The third kappa shape index (κ3) is 3.05. The van der Waals surface area contributed by atoms with Gasteiger partial charge in [-0.1, -0.05) is 20.3 Å². The van der Waals surface area contributed by atoms with Crippen molar-refractivity contribution in [2.24, 2.45) is 5.92 Å². The Balaban J connectivity index is 2.81. The first-order valence-corrected chi connectivity index (χ1v) is 5.45. The molecule has 0 bridgehead atoms. The van der Waals surface area contributed by atoms with E-state index in [2.05, 4.69) is 0 Å². The minimum absolute atomic E-state index is 0.0177. The lowest BCUT2D eigenvalue weighted by atomic mass is 9.98. The molecular formula is C13H17FO2. The molecule has 0 heterocycles. The van der Waals surface area contributed by atoms with Gasteiger partial charge in [-0.3, -0.25) is 4.79 Å². The third-order valence-electron chi connectivity index (χ3n) is 2.70. The summed E-state index contributed by atoms with van der Waals surface area (Å²) in [7, 11) is 1.40. The van der Waals surface area contributed by atoms with Crippen molar-refractivity contribution in [3.05, 3.63) is 29.6 Å². The smallest absolute Gasteiger partial charge is 0.165 e. The van der Waals surface area contributed by atoms with Gasteiger partial charge in [0.1, 0.15) is 0 Å². The van der Waals surface area contributed by atoms with Crippen LogP contribution in [0.1, 0.15) is 37.0 Å². The van der Waals surface area contributed by atoms with Crippen molar-refractivity contribution < 1.29 is 13.9 Å². The van der Waals surface area contributed by atoms with E-state index in [4.69, 9.17) is 4.74 Å². The molecule has 88 valence electrons. The zero-order valence-corrected chi connectivity index (χ0v) is 9.92. The molecule has 1 aromatic rings. The lowest BCUT2D eigenvalue weighted by Crippen LogP contribution is -2.06. The molecular weight excluding hydrogens is 207 g/mol. The first-order valence-electron chi connectivity index (χ1n) is 5.45. The number of methoxy groups -OCH3 is 1. The number of Topliss-reactive ketones (excluding diaryl/α,β-unsaturated/α-hetero) is 1. The zero-order chi connectivity index (χ0) is 12.1. The van der Waals surface area contributed by atoms with Gasteiger partial charge >= 0.3 is 0 Å². The van der Waals surface area contributed by atoms with Gasteiger partial charge in [0, 0.05) is 12.0 Å². The molecule has 2 nitrogen and oxygen atoms in total. The van der Waals surface area contributed by atoms with Gasteiger partial charge in [-0.05, 0) is 24.1 Å². The van der Waals surface area contributed by atoms with Gasteiger partial charge in [0.25, 0.3) is 0 Å². The average Bonchev–Trinajstić information content (AvgIpc) is 2.28. The van der Waals surface area contributed by atoms with Crippen LogP contribution in [-0.4, -0.2) is 12.9 Å². The maximum atomic E-state index is 13.4. The largest absolute Gasteiger partial charge is 0.494 e. The molecule has 0 N–H and O–H groups in total. The lowest BCUT2D eigenvalue weighted by molar-refractivity contribution is 0.0963. The van der Waals surface area contributed by atoms with Crippen LogP contribution < -0.4 is 4.74 Å². The molecule has 0 amide bonds. The van der Waals surface area contributed by atoms with Crippen LogP contribution in [-0.2, 0) is 0 Å². The number of ketones is 1. The van der Waals surface area contributed by atoms with Gasteiger partial charge in [0.05, 0.1) is 7.11 Å². The van der Waals surface area contributed by atoms with Crippen molar-refractivity contribution in [3.63, 3.8) is 0 Å². The van der Waals surface area contributed by atoms with Crippen LogP contribution in [0.2, 0.25) is 0 Å². The number of rotatable bonds is 5. The fourth-order valence-electron chi connectivity index (χ4n) is 1.42. The second-order valence-corrected chi connectivity index (χ2v) is 3.99. The molecule has 0 saturated heterocycles. The highest BCUT2D eigenvalue weighted by atomic mass is 19.1. The summed E-state index contributed by atoms with van der Waals surface area (Å²) in [6.07, 6.45) is 1.41. The molecule has 0 saturated carbocycles. The van der Waals surface area contributed by atoms with Crippen LogP contribution in [0.25, 0.3) is 0 Å². The van der Waals surface area contributed by atoms with E-state index in [0.29, 0.717) is 17.9 Å². The fourth-order valence-corrected chi connectivity index (χ4v) is 1.42. The van der Waals surface area contributed by atoms with Crippen LogP contribution in [0, 0.1) is 11.7 Å². The Hall–Kier alpha value is -1.38. The van der Waals surface area contributed by atoms with E-state index in [9.17, 15) is 9.18 Å². The topological polar surface area (TPSA) is 26.3 Å². The van der Waals surface area contributed by atoms with Crippen LogP contribution in [0.5, 0.6) is 5.75 Å². The van der Waals surface area contributed by atoms with Gasteiger partial charge in [-0.15, -0.1) is 0 Å². The van der Waals surface area contributed by atoms with Crippen molar-refractivity contribution in [3.8, 4) is 5.75 Å². The number of carbonyl (C=O) groups excluding carboxylic acids is 1. The Morgan fingerprint density at radius 3 is 2.69 bits per heavy atom. The summed E-state index contributed by atoms with van der Waals surface area (Å²) < 4.78 is 18.1. The monoisotopic (exact) mass is 224 g/mol. The highest BCUT2D eigenvalue weighted by Crippen LogP contribution is 2.20. The second kappa shape index (κ2) is 5.64. The number of halogens is 1. The number of hydrogen-bond donors (Lipinski definition) is 0. The maximum absolute atomic E-state index is 13.4. The quantitative estimate of drug-likeness (QED) is 0.716. The minimum atomic E-state index is -0.488. The van der Waals surface area contributed by atoms with E-state index >= 15 is 0 Å². The molecule has 0 aromatic heterocycles.